The number of nitrogens with one attached hydrogen (secondary N) is 2. The van der Waals surface area contributed by atoms with Gasteiger partial charge in [-0.05, 0) is 37.3 Å². The average Bonchev–Trinajstić information content (AvgIpc) is 3.46. The Morgan fingerprint density at radius 2 is 1.93 bits per heavy atom. The molecule has 9 heteroatoms. The third-order valence-electron chi connectivity index (χ3n) is 4.27. The first-order valence-electron chi connectivity index (χ1n) is 9.22. The summed E-state index contributed by atoms with van der Waals surface area (Å²) in [6, 6.07) is 15.4. The Labute approximate surface area is 181 Å². The van der Waals surface area contributed by atoms with Crippen LogP contribution in [-0.4, -0.2) is 26.6 Å². The Morgan fingerprint density at radius 3 is 2.70 bits per heavy atom. The van der Waals surface area contributed by atoms with Crippen molar-refractivity contribution in [3.8, 4) is 16.3 Å². The number of thiophene rings is 1. The van der Waals surface area contributed by atoms with Crippen LogP contribution in [-0.2, 0) is 11.3 Å². The first kappa shape index (κ1) is 20.0. The van der Waals surface area contributed by atoms with Gasteiger partial charge in [0.2, 0.25) is 5.91 Å². The molecule has 152 valence electrons. The van der Waals surface area contributed by atoms with Crippen LogP contribution in [0.1, 0.15) is 28.0 Å². The number of rotatable bonds is 6. The fraction of sp³-hybridized carbons (Fsp3) is 0.143. The van der Waals surface area contributed by atoms with E-state index in [1.54, 1.807) is 22.1 Å². The van der Waals surface area contributed by atoms with Gasteiger partial charge in [0.15, 0.2) is 10.8 Å². The largest absolute Gasteiger partial charge is 0.351 e. The summed E-state index contributed by atoms with van der Waals surface area (Å²) in [4.78, 5) is 30.3. The summed E-state index contributed by atoms with van der Waals surface area (Å²) >= 11 is 2.92. The monoisotopic (exact) mass is 437 g/mol. The second-order valence-corrected chi connectivity index (χ2v) is 8.61. The van der Waals surface area contributed by atoms with E-state index in [0.717, 1.165) is 26.8 Å². The van der Waals surface area contributed by atoms with Crippen molar-refractivity contribution in [1.82, 2.24) is 20.1 Å². The molecule has 0 aliphatic rings. The Morgan fingerprint density at radius 1 is 1.13 bits per heavy atom. The zero-order valence-electron chi connectivity index (χ0n) is 16.4. The van der Waals surface area contributed by atoms with E-state index in [-0.39, 0.29) is 11.8 Å². The number of amides is 2. The normalized spacial score (nSPS) is 10.7. The van der Waals surface area contributed by atoms with Crippen molar-refractivity contribution in [3.05, 3.63) is 70.2 Å². The minimum Gasteiger partial charge on any atom is -0.351 e. The van der Waals surface area contributed by atoms with Gasteiger partial charge in [0.1, 0.15) is 0 Å². The summed E-state index contributed by atoms with van der Waals surface area (Å²) in [5.74, 6) is -0.361. The van der Waals surface area contributed by atoms with E-state index in [4.69, 9.17) is 0 Å². The van der Waals surface area contributed by atoms with Crippen LogP contribution in [0.5, 0.6) is 0 Å². The SMILES string of the molecule is CC(=O)NCc1ccc(-c2csc(NC(=O)c3cc(C)n(-c4ccccc4)n3)n2)s1. The van der Waals surface area contributed by atoms with Gasteiger partial charge >= 0.3 is 0 Å². The number of nitrogens with zero attached hydrogens (tertiary/aromatic N) is 3. The first-order valence-corrected chi connectivity index (χ1v) is 10.9. The Kier molecular flexibility index (Phi) is 5.73. The highest BCUT2D eigenvalue weighted by Crippen LogP contribution is 2.31. The van der Waals surface area contributed by atoms with Crippen LogP contribution in [0, 0.1) is 6.92 Å². The van der Waals surface area contributed by atoms with E-state index in [2.05, 4.69) is 20.7 Å². The zero-order valence-corrected chi connectivity index (χ0v) is 18.0. The van der Waals surface area contributed by atoms with Crippen LogP contribution in [0.2, 0.25) is 0 Å². The maximum Gasteiger partial charge on any atom is 0.277 e. The predicted octanol–water partition coefficient (Wildman–Crippen LogP) is 4.25. The standard InChI is InChI=1S/C21H19N5O2S2/c1-13-10-17(25-26(13)15-6-4-3-5-7-15)20(28)24-21-23-18(12-29-21)19-9-8-16(30-19)11-22-14(2)27/h3-10,12H,11H2,1-2H3,(H,22,27)(H,23,24,28). The molecule has 0 aliphatic heterocycles. The maximum absolute atomic E-state index is 12.7. The Hall–Kier alpha value is -3.30. The quantitative estimate of drug-likeness (QED) is 0.472. The summed E-state index contributed by atoms with van der Waals surface area (Å²) in [6.07, 6.45) is 0. The predicted molar refractivity (Wildman–Crippen MR) is 119 cm³/mol. The van der Waals surface area contributed by atoms with E-state index in [9.17, 15) is 9.59 Å². The van der Waals surface area contributed by atoms with E-state index in [1.165, 1.54) is 18.3 Å². The van der Waals surface area contributed by atoms with Gasteiger partial charge in [-0.1, -0.05) is 18.2 Å². The van der Waals surface area contributed by atoms with Crippen molar-refractivity contribution in [1.29, 1.82) is 0 Å². The second-order valence-electron chi connectivity index (χ2n) is 6.59. The average molecular weight is 438 g/mol. The van der Waals surface area contributed by atoms with Crippen LogP contribution >= 0.6 is 22.7 Å². The molecule has 1 aromatic carbocycles. The molecule has 0 atom stereocenters. The minimum absolute atomic E-state index is 0.0615. The summed E-state index contributed by atoms with van der Waals surface area (Å²) < 4.78 is 1.74. The molecule has 4 aromatic rings. The van der Waals surface area contributed by atoms with Gasteiger partial charge in [0.25, 0.3) is 5.91 Å². The molecule has 0 spiro atoms. The van der Waals surface area contributed by atoms with Crippen molar-refractivity contribution in [2.75, 3.05) is 5.32 Å². The molecule has 0 saturated heterocycles. The Balaban J connectivity index is 1.45. The van der Waals surface area contributed by atoms with Gasteiger partial charge < -0.3 is 5.32 Å². The molecule has 0 aliphatic carbocycles. The van der Waals surface area contributed by atoms with Crippen LogP contribution in [0.3, 0.4) is 0 Å². The smallest absolute Gasteiger partial charge is 0.277 e. The summed E-state index contributed by atoms with van der Waals surface area (Å²) in [6.45, 7) is 3.90. The van der Waals surface area contributed by atoms with Crippen molar-refractivity contribution >= 4 is 39.6 Å². The molecule has 3 heterocycles. The fourth-order valence-corrected chi connectivity index (χ4v) is 4.53. The molecule has 2 amide bonds. The van der Waals surface area contributed by atoms with E-state index >= 15 is 0 Å². The van der Waals surface area contributed by atoms with E-state index < -0.39 is 0 Å². The third kappa shape index (κ3) is 4.47. The number of thiazole rings is 1. The van der Waals surface area contributed by atoms with Crippen LogP contribution in [0.25, 0.3) is 16.3 Å². The highest BCUT2D eigenvalue weighted by molar-refractivity contribution is 7.17. The number of carbonyl (C=O) groups is 2. The zero-order chi connectivity index (χ0) is 21.1. The topological polar surface area (TPSA) is 88.9 Å². The van der Waals surface area contributed by atoms with Crippen LogP contribution in [0.15, 0.2) is 53.9 Å². The lowest BCUT2D eigenvalue weighted by atomic mass is 10.3. The van der Waals surface area contributed by atoms with E-state index in [0.29, 0.717) is 17.4 Å². The Bertz CT molecular complexity index is 1190. The number of benzene rings is 1. The van der Waals surface area contributed by atoms with Crippen molar-refractivity contribution < 1.29 is 9.59 Å². The molecule has 0 fully saturated rings. The molecule has 0 radical (unpaired) electrons. The number of hydrogen-bond acceptors (Lipinski definition) is 6. The number of hydrogen-bond donors (Lipinski definition) is 2. The first-order chi connectivity index (χ1) is 14.5. The summed E-state index contributed by atoms with van der Waals surface area (Å²) in [5.41, 5.74) is 2.90. The maximum atomic E-state index is 12.7. The van der Waals surface area contributed by atoms with Gasteiger partial charge in [-0.3, -0.25) is 14.9 Å². The number of carbonyl (C=O) groups excluding carboxylic acids is 2. The van der Waals surface area contributed by atoms with E-state index in [1.807, 2.05) is 54.8 Å². The molecule has 0 saturated carbocycles. The van der Waals surface area contributed by atoms with Gasteiger partial charge in [0.05, 0.1) is 22.8 Å². The molecular formula is C21H19N5O2S2. The second kappa shape index (κ2) is 8.60. The summed E-state index contributed by atoms with van der Waals surface area (Å²) in [7, 11) is 0. The lowest BCUT2D eigenvalue weighted by Crippen LogP contribution is -2.17. The van der Waals surface area contributed by atoms with Crippen LogP contribution in [0.4, 0.5) is 5.13 Å². The number of para-hydroxylation sites is 1. The van der Waals surface area contributed by atoms with Gasteiger partial charge in [0, 0.05) is 22.9 Å². The minimum atomic E-state index is -0.300. The lowest BCUT2D eigenvalue weighted by Gasteiger charge is -2.02. The molecule has 30 heavy (non-hydrogen) atoms. The van der Waals surface area contributed by atoms with Crippen molar-refractivity contribution in [2.24, 2.45) is 0 Å². The molecule has 2 N–H and O–H groups in total. The highest BCUT2D eigenvalue weighted by atomic mass is 32.1. The van der Waals surface area contributed by atoms with Gasteiger partial charge in [-0.2, -0.15) is 5.10 Å². The number of anilines is 1. The fourth-order valence-electron chi connectivity index (χ4n) is 2.84. The van der Waals surface area contributed by atoms with Gasteiger partial charge in [-0.25, -0.2) is 9.67 Å². The molecule has 4 rings (SSSR count). The van der Waals surface area contributed by atoms with Crippen LogP contribution < -0.4 is 10.6 Å². The third-order valence-corrected chi connectivity index (χ3v) is 6.14. The lowest BCUT2D eigenvalue weighted by molar-refractivity contribution is -0.119. The molecule has 7 nitrogen and oxygen atoms in total. The number of aryl methyl sites for hydroxylation is 1. The molecule has 0 bridgehead atoms. The van der Waals surface area contributed by atoms with Crippen molar-refractivity contribution in [3.63, 3.8) is 0 Å². The van der Waals surface area contributed by atoms with Gasteiger partial charge in [-0.15, -0.1) is 22.7 Å². The highest BCUT2D eigenvalue weighted by Gasteiger charge is 2.16. The molecule has 0 unspecified atom stereocenters. The summed E-state index contributed by atoms with van der Waals surface area (Å²) in [5, 5.41) is 12.5. The van der Waals surface area contributed by atoms with Crippen molar-refractivity contribution in [2.45, 2.75) is 20.4 Å². The number of aromatic nitrogens is 3. The molecule has 3 aromatic heterocycles. The molecular weight excluding hydrogens is 418 g/mol.